The minimum Gasteiger partial charge on any atom is -0.325 e. The fraction of sp³-hybridized carbons (Fsp3) is 0.900. The first-order valence-electron chi connectivity index (χ1n) is 4.99. The van der Waals surface area contributed by atoms with Gasteiger partial charge in [-0.2, -0.15) is 0 Å². The molecule has 2 aliphatic rings. The molecule has 2 N–H and O–H groups in total. The van der Waals surface area contributed by atoms with Crippen LogP contribution in [0, 0.1) is 11.8 Å². The van der Waals surface area contributed by atoms with Crippen molar-refractivity contribution in [3.63, 3.8) is 0 Å². The topological polar surface area (TPSA) is 43.1 Å². The molecule has 2 heteroatoms. The van der Waals surface area contributed by atoms with Crippen molar-refractivity contribution in [1.29, 1.82) is 0 Å². The fourth-order valence-electron chi connectivity index (χ4n) is 2.38. The molecular weight excluding hydrogens is 150 g/mol. The molecule has 0 atom stereocenters. The first kappa shape index (κ1) is 8.24. The van der Waals surface area contributed by atoms with Gasteiger partial charge in [-0.05, 0) is 44.4 Å². The first-order chi connectivity index (χ1) is 5.74. The van der Waals surface area contributed by atoms with Crippen molar-refractivity contribution in [2.75, 3.05) is 0 Å². The minimum atomic E-state index is 0.188. The van der Waals surface area contributed by atoms with E-state index in [0.29, 0.717) is 11.8 Å². The summed E-state index contributed by atoms with van der Waals surface area (Å²) in [6.45, 7) is 0. The number of carbonyl (C=O) groups excluding carboxylic acids is 1. The summed E-state index contributed by atoms with van der Waals surface area (Å²) < 4.78 is 0. The van der Waals surface area contributed by atoms with Crippen molar-refractivity contribution < 1.29 is 4.79 Å². The number of hydrogen-bond acceptors (Lipinski definition) is 2. The van der Waals surface area contributed by atoms with Gasteiger partial charge in [0.15, 0.2) is 0 Å². The lowest BCUT2D eigenvalue weighted by molar-refractivity contribution is -0.112. The van der Waals surface area contributed by atoms with E-state index in [-0.39, 0.29) is 5.54 Å². The van der Waals surface area contributed by atoms with E-state index in [1.54, 1.807) is 0 Å². The van der Waals surface area contributed by atoms with Crippen LogP contribution in [0.15, 0.2) is 0 Å². The van der Waals surface area contributed by atoms with Crippen molar-refractivity contribution in [2.45, 2.75) is 44.1 Å². The molecule has 0 saturated heterocycles. The van der Waals surface area contributed by atoms with Gasteiger partial charge in [0.05, 0.1) is 0 Å². The van der Waals surface area contributed by atoms with Gasteiger partial charge in [0.25, 0.3) is 0 Å². The van der Waals surface area contributed by atoms with Crippen molar-refractivity contribution in [3.8, 4) is 0 Å². The summed E-state index contributed by atoms with van der Waals surface area (Å²) in [5, 5.41) is 0. The van der Waals surface area contributed by atoms with E-state index in [1.165, 1.54) is 25.7 Å². The van der Waals surface area contributed by atoms with E-state index >= 15 is 0 Å². The van der Waals surface area contributed by atoms with E-state index in [9.17, 15) is 4.79 Å². The largest absolute Gasteiger partial charge is 0.325 e. The third kappa shape index (κ3) is 1.40. The Morgan fingerprint density at radius 2 is 1.75 bits per heavy atom. The molecule has 0 aromatic rings. The van der Waals surface area contributed by atoms with Crippen molar-refractivity contribution in [2.24, 2.45) is 17.6 Å². The highest BCUT2D eigenvalue weighted by atomic mass is 16.1. The SMILES string of the molecule is NC1(C2CCC(C=O)CC2)CC1. The Kier molecular flexibility index (Phi) is 1.95. The standard InChI is InChI=1S/C10H17NO/c11-10(5-6-10)9-3-1-8(7-12)2-4-9/h7-9H,1-6,11H2. The van der Waals surface area contributed by atoms with Gasteiger partial charge in [-0.15, -0.1) is 0 Å². The molecule has 0 aromatic carbocycles. The molecule has 0 spiro atoms. The predicted octanol–water partition coefficient (Wildman–Crippen LogP) is 1.48. The number of nitrogens with two attached hydrogens (primary N) is 1. The number of hydrogen-bond donors (Lipinski definition) is 1. The Hall–Kier alpha value is -0.370. The zero-order chi connectivity index (χ0) is 8.60. The molecule has 0 unspecified atom stereocenters. The van der Waals surface area contributed by atoms with E-state index in [2.05, 4.69) is 0 Å². The maximum Gasteiger partial charge on any atom is 0.123 e. The number of carbonyl (C=O) groups is 1. The average molecular weight is 167 g/mol. The van der Waals surface area contributed by atoms with Gasteiger partial charge in [0, 0.05) is 11.5 Å². The van der Waals surface area contributed by atoms with Gasteiger partial charge in [0.1, 0.15) is 6.29 Å². The van der Waals surface area contributed by atoms with Crippen LogP contribution in [-0.2, 0) is 4.79 Å². The van der Waals surface area contributed by atoms with Gasteiger partial charge >= 0.3 is 0 Å². The van der Waals surface area contributed by atoms with Crippen LogP contribution >= 0.6 is 0 Å². The summed E-state index contributed by atoms with van der Waals surface area (Å²) in [4.78, 5) is 10.5. The maximum atomic E-state index is 10.5. The summed E-state index contributed by atoms with van der Waals surface area (Å²) in [6, 6.07) is 0. The van der Waals surface area contributed by atoms with Crippen molar-refractivity contribution >= 4 is 6.29 Å². The lowest BCUT2D eigenvalue weighted by Crippen LogP contribution is -2.35. The van der Waals surface area contributed by atoms with Crippen molar-refractivity contribution in [3.05, 3.63) is 0 Å². The highest BCUT2D eigenvalue weighted by Crippen LogP contribution is 2.46. The summed E-state index contributed by atoms with van der Waals surface area (Å²) in [5.74, 6) is 1.05. The van der Waals surface area contributed by atoms with Crippen LogP contribution in [-0.4, -0.2) is 11.8 Å². The molecule has 2 aliphatic carbocycles. The molecule has 2 rings (SSSR count). The van der Waals surface area contributed by atoms with Gasteiger partial charge < -0.3 is 10.5 Å². The van der Waals surface area contributed by atoms with Crippen LogP contribution in [0.4, 0.5) is 0 Å². The van der Waals surface area contributed by atoms with Gasteiger partial charge in [-0.25, -0.2) is 0 Å². The minimum absolute atomic E-state index is 0.188. The highest BCUT2D eigenvalue weighted by molar-refractivity contribution is 5.53. The normalized spacial score (nSPS) is 39.1. The Balaban J connectivity index is 1.86. The second-order valence-corrected chi connectivity index (χ2v) is 4.48. The van der Waals surface area contributed by atoms with Crippen LogP contribution in [0.5, 0.6) is 0 Å². The Morgan fingerprint density at radius 1 is 1.17 bits per heavy atom. The van der Waals surface area contributed by atoms with Gasteiger partial charge in [0.2, 0.25) is 0 Å². The van der Waals surface area contributed by atoms with Crippen LogP contribution in [0.1, 0.15) is 38.5 Å². The Labute approximate surface area is 73.5 Å². The fourth-order valence-corrected chi connectivity index (χ4v) is 2.38. The van der Waals surface area contributed by atoms with E-state index in [4.69, 9.17) is 5.73 Å². The molecule has 68 valence electrons. The Bertz CT molecular complexity index is 178. The van der Waals surface area contributed by atoms with E-state index in [1.807, 2.05) is 0 Å². The van der Waals surface area contributed by atoms with Crippen LogP contribution in [0.2, 0.25) is 0 Å². The molecule has 0 radical (unpaired) electrons. The zero-order valence-electron chi connectivity index (χ0n) is 7.46. The second kappa shape index (κ2) is 2.84. The maximum absolute atomic E-state index is 10.5. The second-order valence-electron chi connectivity index (χ2n) is 4.48. The Morgan fingerprint density at radius 3 is 2.17 bits per heavy atom. The van der Waals surface area contributed by atoms with Gasteiger partial charge in [-0.1, -0.05) is 0 Å². The molecule has 0 bridgehead atoms. The summed E-state index contributed by atoms with van der Waals surface area (Å²) in [6.07, 6.45) is 8.05. The molecule has 0 heterocycles. The lowest BCUT2D eigenvalue weighted by atomic mass is 9.78. The molecule has 12 heavy (non-hydrogen) atoms. The molecule has 0 amide bonds. The summed E-state index contributed by atoms with van der Waals surface area (Å²) >= 11 is 0. The van der Waals surface area contributed by atoms with Crippen molar-refractivity contribution in [1.82, 2.24) is 0 Å². The number of aldehydes is 1. The molecule has 2 nitrogen and oxygen atoms in total. The van der Waals surface area contributed by atoms with E-state index in [0.717, 1.165) is 19.1 Å². The molecular formula is C10H17NO. The molecule has 2 saturated carbocycles. The summed E-state index contributed by atoms with van der Waals surface area (Å²) in [7, 11) is 0. The van der Waals surface area contributed by atoms with Crippen LogP contribution in [0.25, 0.3) is 0 Å². The number of rotatable bonds is 2. The predicted molar refractivity (Wildman–Crippen MR) is 47.7 cm³/mol. The van der Waals surface area contributed by atoms with E-state index < -0.39 is 0 Å². The van der Waals surface area contributed by atoms with Gasteiger partial charge in [-0.3, -0.25) is 0 Å². The highest BCUT2D eigenvalue weighted by Gasteiger charge is 2.46. The molecule has 0 aliphatic heterocycles. The monoisotopic (exact) mass is 167 g/mol. The molecule has 0 aromatic heterocycles. The van der Waals surface area contributed by atoms with Crippen LogP contribution in [0.3, 0.4) is 0 Å². The summed E-state index contributed by atoms with van der Waals surface area (Å²) in [5.41, 5.74) is 6.31. The third-order valence-electron chi connectivity index (χ3n) is 3.60. The zero-order valence-corrected chi connectivity index (χ0v) is 7.46. The first-order valence-corrected chi connectivity index (χ1v) is 4.99. The quantitative estimate of drug-likeness (QED) is 0.633. The molecule has 2 fully saturated rings. The smallest absolute Gasteiger partial charge is 0.123 e. The third-order valence-corrected chi connectivity index (χ3v) is 3.60. The lowest BCUT2D eigenvalue weighted by Gasteiger charge is -2.29. The van der Waals surface area contributed by atoms with Crippen LogP contribution < -0.4 is 5.73 Å². The average Bonchev–Trinajstić information content (AvgIpc) is 2.85.